The summed E-state index contributed by atoms with van der Waals surface area (Å²) >= 11 is 0. The molecular formula is C10H20O6. The maximum atomic E-state index is 9.44. The van der Waals surface area contributed by atoms with Gasteiger partial charge in [-0.05, 0) is 13.3 Å². The van der Waals surface area contributed by atoms with Crippen molar-refractivity contribution in [1.82, 2.24) is 0 Å². The van der Waals surface area contributed by atoms with Crippen molar-refractivity contribution in [3.8, 4) is 0 Å². The van der Waals surface area contributed by atoms with Crippen LogP contribution in [0.4, 0.5) is 0 Å². The topological polar surface area (TPSA) is 121 Å². The van der Waals surface area contributed by atoms with Gasteiger partial charge >= 0.3 is 0 Å². The van der Waals surface area contributed by atoms with Crippen LogP contribution in [0.3, 0.4) is 0 Å². The highest BCUT2D eigenvalue weighted by Crippen LogP contribution is 2.10. The average molecular weight is 236 g/mol. The Bertz CT molecular complexity index is 207. The zero-order valence-corrected chi connectivity index (χ0v) is 9.14. The Morgan fingerprint density at radius 2 is 1.38 bits per heavy atom. The maximum absolute atomic E-state index is 9.44. The van der Waals surface area contributed by atoms with Gasteiger partial charge in [-0.2, -0.15) is 0 Å². The van der Waals surface area contributed by atoms with E-state index in [1.807, 2.05) is 0 Å². The van der Waals surface area contributed by atoms with Gasteiger partial charge in [0.1, 0.15) is 24.4 Å². The van der Waals surface area contributed by atoms with Crippen LogP contribution in [0.25, 0.3) is 0 Å². The van der Waals surface area contributed by atoms with E-state index in [4.69, 9.17) is 10.2 Å². The van der Waals surface area contributed by atoms with Crippen molar-refractivity contribution in [2.75, 3.05) is 6.61 Å². The van der Waals surface area contributed by atoms with Gasteiger partial charge in [0.25, 0.3) is 0 Å². The molecule has 6 nitrogen and oxygen atoms in total. The molecule has 0 aliphatic carbocycles. The Labute approximate surface area is 94.1 Å². The Hall–Kier alpha value is -0.500. The number of hydrogen-bond donors (Lipinski definition) is 6. The van der Waals surface area contributed by atoms with Gasteiger partial charge in [0.05, 0.1) is 12.7 Å². The zero-order valence-electron chi connectivity index (χ0n) is 9.14. The molecule has 0 radical (unpaired) electrons. The summed E-state index contributed by atoms with van der Waals surface area (Å²) in [6.07, 6.45) is -4.44. The van der Waals surface area contributed by atoms with E-state index < -0.39 is 37.1 Å². The molecule has 0 saturated carbocycles. The molecule has 0 amide bonds. The Morgan fingerprint density at radius 1 is 0.875 bits per heavy atom. The molecule has 5 unspecified atom stereocenters. The highest BCUT2D eigenvalue weighted by atomic mass is 16.4. The highest BCUT2D eigenvalue weighted by molar-refractivity contribution is 4.89. The molecule has 0 spiro atoms. The van der Waals surface area contributed by atoms with Crippen LogP contribution in [0, 0.1) is 0 Å². The largest absolute Gasteiger partial charge is 0.394 e. The van der Waals surface area contributed by atoms with Crippen molar-refractivity contribution in [3.63, 3.8) is 0 Å². The molecule has 0 aliphatic rings. The number of rotatable bonds is 7. The second-order valence-electron chi connectivity index (χ2n) is 3.59. The fraction of sp³-hybridized carbons (Fsp3) is 0.800. The fourth-order valence-corrected chi connectivity index (χ4v) is 1.18. The standard InChI is InChI=1S/C10H20O6/c1-2-3-4-6(12)8(14)10(16)9(15)7(13)5-11/h2-3,6-16H,4-5H2,1H3. The third-order valence-corrected chi connectivity index (χ3v) is 2.29. The zero-order chi connectivity index (χ0) is 12.7. The van der Waals surface area contributed by atoms with Gasteiger partial charge in [-0.1, -0.05) is 12.2 Å². The van der Waals surface area contributed by atoms with E-state index in [0.29, 0.717) is 0 Å². The average Bonchev–Trinajstić information content (AvgIpc) is 2.31. The molecule has 0 rings (SSSR count). The van der Waals surface area contributed by atoms with E-state index >= 15 is 0 Å². The molecule has 0 aromatic rings. The van der Waals surface area contributed by atoms with Crippen molar-refractivity contribution >= 4 is 0 Å². The van der Waals surface area contributed by atoms with Crippen LogP contribution < -0.4 is 0 Å². The van der Waals surface area contributed by atoms with Gasteiger partial charge in [-0.3, -0.25) is 0 Å². The van der Waals surface area contributed by atoms with Crippen LogP contribution in [0.1, 0.15) is 13.3 Å². The first kappa shape index (κ1) is 15.5. The molecule has 96 valence electrons. The lowest BCUT2D eigenvalue weighted by Crippen LogP contribution is -2.49. The van der Waals surface area contributed by atoms with Gasteiger partial charge in [0.2, 0.25) is 0 Å². The SMILES string of the molecule is CC=CCC(O)C(O)C(O)C(O)C(O)CO. The molecule has 0 aliphatic heterocycles. The van der Waals surface area contributed by atoms with Crippen LogP contribution in [-0.4, -0.2) is 67.8 Å². The summed E-state index contributed by atoms with van der Waals surface area (Å²) in [4.78, 5) is 0. The normalized spacial score (nSPS) is 21.7. The lowest BCUT2D eigenvalue weighted by molar-refractivity contribution is -0.139. The number of aliphatic hydroxyl groups is 6. The Balaban J connectivity index is 4.29. The van der Waals surface area contributed by atoms with Crippen LogP contribution in [0.2, 0.25) is 0 Å². The molecule has 6 heteroatoms. The summed E-state index contributed by atoms with van der Waals surface area (Å²) in [6.45, 7) is 0.996. The second-order valence-corrected chi connectivity index (χ2v) is 3.59. The van der Waals surface area contributed by atoms with Crippen molar-refractivity contribution in [3.05, 3.63) is 12.2 Å². The van der Waals surface area contributed by atoms with E-state index in [9.17, 15) is 20.4 Å². The van der Waals surface area contributed by atoms with Gasteiger partial charge in [0.15, 0.2) is 0 Å². The summed E-state index contributed by atoms with van der Waals surface area (Å²) in [5.41, 5.74) is 0. The molecule has 0 heterocycles. The molecule has 0 aromatic carbocycles. The quantitative estimate of drug-likeness (QED) is 0.278. The minimum Gasteiger partial charge on any atom is -0.394 e. The van der Waals surface area contributed by atoms with Crippen LogP contribution in [0.5, 0.6) is 0 Å². The van der Waals surface area contributed by atoms with Crippen LogP contribution in [0.15, 0.2) is 12.2 Å². The Morgan fingerprint density at radius 3 is 1.81 bits per heavy atom. The highest BCUT2D eigenvalue weighted by Gasteiger charge is 2.33. The summed E-state index contributed by atoms with van der Waals surface area (Å²) < 4.78 is 0. The minimum atomic E-state index is -1.72. The number of hydrogen-bond acceptors (Lipinski definition) is 6. The predicted molar refractivity (Wildman–Crippen MR) is 56.6 cm³/mol. The number of allylic oxidation sites excluding steroid dienone is 1. The van der Waals surface area contributed by atoms with Crippen molar-refractivity contribution in [1.29, 1.82) is 0 Å². The molecule has 16 heavy (non-hydrogen) atoms. The molecule has 0 bridgehead atoms. The lowest BCUT2D eigenvalue weighted by atomic mass is 9.98. The van der Waals surface area contributed by atoms with Crippen molar-refractivity contribution in [2.45, 2.75) is 43.9 Å². The van der Waals surface area contributed by atoms with E-state index in [1.165, 1.54) is 0 Å². The molecule has 0 saturated heterocycles. The summed E-state index contributed by atoms with van der Waals surface area (Å²) in [6, 6.07) is 0. The van der Waals surface area contributed by atoms with E-state index in [-0.39, 0.29) is 6.42 Å². The fourth-order valence-electron chi connectivity index (χ4n) is 1.18. The summed E-state index contributed by atoms with van der Waals surface area (Å²) in [5, 5.41) is 55.1. The van der Waals surface area contributed by atoms with Crippen LogP contribution in [-0.2, 0) is 0 Å². The maximum Gasteiger partial charge on any atom is 0.111 e. The number of aliphatic hydroxyl groups excluding tert-OH is 6. The third-order valence-electron chi connectivity index (χ3n) is 2.29. The first-order valence-electron chi connectivity index (χ1n) is 5.08. The predicted octanol–water partition coefficient (Wildman–Crippen LogP) is -2.25. The first-order valence-corrected chi connectivity index (χ1v) is 5.08. The van der Waals surface area contributed by atoms with Gasteiger partial charge in [0, 0.05) is 0 Å². The van der Waals surface area contributed by atoms with Crippen molar-refractivity contribution in [2.24, 2.45) is 0 Å². The smallest absolute Gasteiger partial charge is 0.111 e. The summed E-state index contributed by atoms with van der Waals surface area (Å²) in [5.74, 6) is 0. The first-order chi connectivity index (χ1) is 7.45. The molecule has 5 atom stereocenters. The molecular weight excluding hydrogens is 216 g/mol. The molecule has 0 aromatic heterocycles. The Kier molecular flexibility index (Phi) is 7.48. The van der Waals surface area contributed by atoms with Gasteiger partial charge in [-0.25, -0.2) is 0 Å². The van der Waals surface area contributed by atoms with Crippen LogP contribution >= 0.6 is 0 Å². The van der Waals surface area contributed by atoms with E-state index in [0.717, 1.165) is 0 Å². The third kappa shape index (κ3) is 4.56. The van der Waals surface area contributed by atoms with Crippen molar-refractivity contribution < 1.29 is 30.6 Å². The lowest BCUT2D eigenvalue weighted by Gasteiger charge is -2.28. The minimum absolute atomic E-state index is 0.122. The van der Waals surface area contributed by atoms with Gasteiger partial charge in [-0.15, -0.1) is 0 Å². The molecule has 6 N–H and O–H groups in total. The molecule has 0 fully saturated rings. The van der Waals surface area contributed by atoms with E-state index in [2.05, 4.69) is 0 Å². The second kappa shape index (κ2) is 7.72. The van der Waals surface area contributed by atoms with E-state index in [1.54, 1.807) is 19.1 Å². The monoisotopic (exact) mass is 236 g/mol. The van der Waals surface area contributed by atoms with Gasteiger partial charge < -0.3 is 30.6 Å². The summed E-state index contributed by atoms with van der Waals surface area (Å²) in [7, 11) is 0.